The standard InChI is InChI=1S/C11H7N3O/c12-7-14-11(15)9-5-8-3-1-2-4-10(8)13-6-9/h1-6H,(H,14,15). The van der Waals surface area contributed by atoms with Gasteiger partial charge in [-0.15, -0.1) is 0 Å². The number of hydrogen-bond acceptors (Lipinski definition) is 3. The van der Waals surface area contributed by atoms with Gasteiger partial charge in [-0.3, -0.25) is 15.1 Å². The maximum absolute atomic E-state index is 11.3. The lowest BCUT2D eigenvalue weighted by molar-refractivity contribution is 0.0972. The average Bonchev–Trinajstić information content (AvgIpc) is 2.29. The van der Waals surface area contributed by atoms with E-state index in [2.05, 4.69) is 10.3 Å². The summed E-state index contributed by atoms with van der Waals surface area (Å²) in [7, 11) is 0. The Labute approximate surface area is 86.2 Å². The highest BCUT2D eigenvalue weighted by Gasteiger charge is 2.05. The van der Waals surface area contributed by atoms with Gasteiger partial charge in [0.2, 0.25) is 0 Å². The minimum atomic E-state index is -0.434. The van der Waals surface area contributed by atoms with Crippen molar-refractivity contribution in [2.24, 2.45) is 0 Å². The molecule has 0 radical (unpaired) electrons. The van der Waals surface area contributed by atoms with Gasteiger partial charge in [0.15, 0.2) is 6.19 Å². The van der Waals surface area contributed by atoms with E-state index in [1.807, 2.05) is 24.3 Å². The van der Waals surface area contributed by atoms with Crippen LogP contribution in [-0.2, 0) is 0 Å². The monoisotopic (exact) mass is 197 g/mol. The van der Waals surface area contributed by atoms with E-state index in [1.165, 1.54) is 6.20 Å². The van der Waals surface area contributed by atoms with Gasteiger partial charge >= 0.3 is 0 Å². The van der Waals surface area contributed by atoms with E-state index < -0.39 is 5.91 Å². The minimum absolute atomic E-state index is 0.384. The van der Waals surface area contributed by atoms with Crippen molar-refractivity contribution in [1.29, 1.82) is 5.26 Å². The summed E-state index contributed by atoms with van der Waals surface area (Å²) in [5, 5.41) is 11.2. The molecule has 0 aliphatic rings. The summed E-state index contributed by atoms with van der Waals surface area (Å²) in [5.74, 6) is -0.434. The van der Waals surface area contributed by atoms with Crippen LogP contribution >= 0.6 is 0 Å². The third kappa shape index (κ3) is 1.76. The minimum Gasteiger partial charge on any atom is -0.268 e. The summed E-state index contributed by atoms with van der Waals surface area (Å²) >= 11 is 0. The van der Waals surface area contributed by atoms with Crippen molar-refractivity contribution >= 4 is 16.8 Å². The number of nitrogens with one attached hydrogen (secondary N) is 1. The van der Waals surface area contributed by atoms with Crippen LogP contribution in [0.25, 0.3) is 10.9 Å². The van der Waals surface area contributed by atoms with Crippen molar-refractivity contribution in [2.45, 2.75) is 0 Å². The first kappa shape index (κ1) is 9.16. The van der Waals surface area contributed by atoms with E-state index in [-0.39, 0.29) is 0 Å². The zero-order valence-corrected chi connectivity index (χ0v) is 7.77. The number of nitriles is 1. The fourth-order valence-electron chi connectivity index (χ4n) is 1.32. The Morgan fingerprint density at radius 1 is 1.40 bits per heavy atom. The Balaban J connectivity index is 2.48. The number of aromatic nitrogens is 1. The lowest BCUT2D eigenvalue weighted by atomic mass is 10.1. The second kappa shape index (κ2) is 3.76. The summed E-state index contributed by atoms with van der Waals surface area (Å²) in [6.07, 6.45) is 3.04. The van der Waals surface area contributed by atoms with Gasteiger partial charge in [-0.2, -0.15) is 5.26 Å². The van der Waals surface area contributed by atoms with E-state index in [1.54, 1.807) is 12.3 Å². The molecule has 0 aliphatic carbocycles. The molecule has 72 valence electrons. The molecule has 0 saturated heterocycles. The third-order valence-electron chi connectivity index (χ3n) is 2.02. The van der Waals surface area contributed by atoms with E-state index in [0.29, 0.717) is 5.56 Å². The number of benzene rings is 1. The Morgan fingerprint density at radius 3 is 3.00 bits per heavy atom. The normalized spacial score (nSPS) is 9.53. The first-order valence-electron chi connectivity index (χ1n) is 4.35. The molecular weight excluding hydrogens is 190 g/mol. The molecule has 0 aliphatic heterocycles. The van der Waals surface area contributed by atoms with Crippen LogP contribution in [-0.4, -0.2) is 10.9 Å². The average molecular weight is 197 g/mol. The number of pyridine rings is 1. The highest BCUT2D eigenvalue weighted by molar-refractivity contribution is 5.97. The molecule has 1 amide bonds. The fraction of sp³-hybridized carbons (Fsp3) is 0. The van der Waals surface area contributed by atoms with Gasteiger partial charge in [-0.05, 0) is 12.1 Å². The molecule has 1 aromatic heterocycles. The zero-order valence-electron chi connectivity index (χ0n) is 7.77. The second-order valence-electron chi connectivity index (χ2n) is 2.98. The summed E-state index contributed by atoms with van der Waals surface area (Å²) in [6.45, 7) is 0. The van der Waals surface area contributed by atoms with Crippen molar-refractivity contribution in [1.82, 2.24) is 10.3 Å². The Morgan fingerprint density at radius 2 is 2.20 bits per heavy atom. The lowest BCUT2D eigenvalue weighted by Crippen LogP contribution is -2.17. The maximum atomic E-state index is 11.3. The fourth-order valence-corrected chi connectivity index (χ4v) is 1.32. The molecule has 4 nitrogen and oxygen atoms in total. The summed E-state index contributed by atoms with van der Waals surface area (Å²) in [5.41, 5.74) is 1.21. The van der Waals surface area contributed by atoms with Crippen LogP contribution < -0.4 is 5.32 Å². The predicted octanol–water partition coefficient (Wildman–Crippen LogP) is 1.45. The molecule has 1 aromatic carbocycles. The molecule has 15 heavy (non-hydrogen) atoms. The summed E-state index contributed by atoms with van der Waals surface area (Å²) < 4.78 is 0. The summed E-state index contributed by atoms with van der Waals surface area (Å²) in [4.78, 5) is 15.4. The number of fused-ring (bicyclic) bond motifs is 1. The lowest BCUT2D eigenvalue weighted by Gasteiger charge is -1.99. The Kier molecular flexibility index (Phi) is 2.30. The van der Waals surface area contributed by atoms with Crippen LogP contribution in [0.2, 0.25) is 0 Å². The predicted molar refractivity (Wildman–Crippen MR) is 54.8 cm³/mol. The number of para-hydroxylation sites is 1. The number of carbonyl (C=O) groups is 1. The van der Waals surface area contributed by atoms with Crippen molar-refractivity contribution in [3.05, 3.63) is 42.1 Å². The summed E-state index contributed by atoms with van der Waals surface area (Å²) in [6, 6.07) is 9.18. The van der Waals surface area contributed by atoms with Gasteiger partial charge in [-0.25, -0.2) is 0 Å². The topological polar surface area (TPSA) is 65.8 Å². The van der Waals surface area contributed by atoms with Gasteiger partial charge < -0.3 is 0 Å². The van der Waals surface area contributed by atoms with Crippen molar-refractivity contribution < 1.29 is 4.79 Å². The first-order chi connectivity index (χ1) is 7.31. The molecule has 2 rings (SSSR count). The van der Waals surface area contributed by atoms with Crippen LogP contribution in [0.4, 0.5) is 0 Å². The molecular formula is C11H7N3O. The largest absolute Gasteiger partial charge is 0.268 e. The Hall–Kier alpha value is -2.41. The number of carbonyl (C=O) groups excluding carboxylic acids is 1. The number of amides is 1. The molecule has 4 heteroatoms. The van der Waals surface area contributed by atoms with Gasteiger partial charge in [0.1, 0.15) is 0 Å². The van der Waals surface area contributed by atoms with E-state index >= 15 is 0 Å². The number of hydrogen-bond donors (Lipinski definition) is 1. The molecule has 2 aromatic rings. The molecule has 1 N–H and O–H groups in total. The molecule has 1 heterocycles. The number of nitrogens with zero attached hydrogens (tertiary/aromatic N) is 2. The molecule has 0 spiro atoms. The second-order valence-corrected chi connectivity index (χ2v) is 2.98. The molecule has 0 unspecified atom stereocenters. The smallest absolute Gasteiger partial charge is 0.265 e. The zero-order chi connectivity index (χ0) is 10.7. The molecule has 0 saturated carbocycles. The van der Waals surface area contributed by atoms with E-state index in [0.717, 1.165) is 10.9 Å². The maximum Gasteiger partial charge on any atom is 0.265 e. The van der Waals surface area contributed by atoms with Gasteiger partial charge in [0.25, 0.3) is 5.91 Å². The Bertz CT molecular complexity index is 557. The van der Waals surface area contributed by atoms with Gasteiger partial charge in [0.05, 0.1) is 11.1 Å². The highest BCUT2D eigenvalue weighted by atomic mass is 16.1. The van der Waals surface area contributed by atoms with Gasteiger partial charge in [-0.1, -0.05) is 18.2 Å². The SMILES string of the molecule is N#CNC(=O)c1cnc2ccccc2c1. The first-order valence-corrected chi connectivity index (χ1v) is 4.35. The van der Waals surface area contributed by atoms with Crippen molar-refractivity contribution in [3.8, 4) is 6.19 Å². The highest BCUT2D eigenvalue weighted by Crippen LogP contribution is 2.12. The third-order valence-corrected chi connectivity index (χ3v) is 2.02. The quantitative estimate of drug-likeness (QED) is 0.555. The van der Waals surface area contributed by atoms with Gasteiger partial charge in [0, 0.05) is 11.6 Å². The van der Waals surface area contributed by atoms with E-state index in [9.17, 15) is 4.79 Å². The van der Waals surface area contributed by atoms with Crippen LogP contribution in [0, 0.1) is 11.5 Å². The van der Waals surface area contributed by atoms with Crippen LogP contribution in [0.5, 0.6) is 0 Å². The van der Waals surface area contributed by atoms with Crippen LogP contribution in [0.15, 0.2) is 36.5 Å². The van der Waals surface area contributed by atoms with Crippen LogP contribution in [0.3, 0.4) is 0 Å². The number of rotatable bonds is 1. The molecule has 0 fully saturated rings. The van der Waals surface area contributed by atoms with Crippen molar-refractivity contribution in [3.63, 3.8) is 0 Å². The molecule has 0 atom stereocenters. The van der Waals surface area contributed by atoms with Crippen molar-refractivity contribution in [2.75, 3.05) is 0 Å². The van der Waals surface area contributed by atoms with E-state index in [4.69, 9.17) is 5.26 Å². The van der Waals surface area contributed by atoms with Crippen LogP contribution in [0.1, 0.15) is 10.4 Å². The molecule has 0 bridgehead atoms.